The molecule has 2 rings (SSSR count). The van der Waals surface area contributed by atoms with E-state index in [1.807, 2.05) is 37.3 Å². The molecule has 18 heavy (non-hydrogen) atoms. The van der Waals surface area contributed by atoms with Gasteiger partial charge < -0.3 is 15.5 Å². The van der Waals surface area contributed by atoms with Crippen molar-refractivity contribution in [1.29, 1.82) is 0 Å². The fourth-order valence-electron chi connectivity index (χ4n) is 1.95. The average Bonchev–Trinajstić information content (AvgIpc) is 2.76. The lowest BCUT2D eigenvalue weighted by molar-refractivity contribution is 0.453. The molecular formula is C15H20N2O. The van der Waals surface area contributed by atoms with Gasteiger partial charge in [0, 0.05) is 12.6 Å². The van der Waals surface area contributed by atoms with Crippen molar-refractivity contribution in [3.63, 3.8) is 0 Å². The van der Waals surface area contributed by atoms with Crippen LogP contribution in [0.25, 0.3) is 0 Å². The van der Waals surface area contributed by atoms with E-state index in [2.05, 4.69) is 17.4 Å². The lowest BCUT2D eigenvalue weighted by Crippen LogP contribution is -2.35. The molecule has 0 aliphatic heterocycles. The van der Waals surface area contributed by atoms with E-state index in [-0.39, 0.29) is 6.04 Å². The Hall–Kier alpha value is -1.58. The molecule has 0 spiro atoms. The minimum atomic E-state index is 0.128. The maximum Gasteiger partial charge on any atom is 0.117 e. The van der Waals surface area contributed by atoms with E-state index in [1.165, 1.54) is 5.56 Å². The monoisotopic (exact) mass is 244 g/mol. The quantitative estimate of drug-likeness (QED) is 0.819. The molecule has 3 nitrogen and oxygen atoms in total. The highest BCUT2D eigenvalue weighted by molar-refractivity contribution is 5.15. The number of aryl methyl sites for hydroxylation is 1. The second kappa shape index (κ2) is 6.38. The van der Waals surface area contributed by atoms with E-state index in [0.717, 1.165) is 31.0 Å². The number of hydrogen-bond donors (Lipinski definition) is 2. The topological polar surface area (TPSA) is 51.2 Å². The van der Waals surface area contributed by atoms with Gasteiger partial charge in [-0.2, -0.15) is 0 Å². The molecule has 0 aliphatic carbocycles. The average molecular weight is 244 g/mol. The first-order chi connectivity index (χ1) is 8.74. The van der Waals surface area contributed by atoms with E-state index in [4.69, 9.17) is 10.2 Å². The molecule has 0 bridgehead atoms. The fraction of sp³-hybridized carbons (Fsp3) is 0.333. The maximum absolute atomic E-state index is 6.08. The summed E-state index contributed by atoms with van der Waals surface area (Å²) < 4.78 is 5.48. The smallest absolute Gasteiger partial charge is 0.117 e. The molecule has 96 valence electrons. The normalized spacial score (nSPS) is 12.6. The van der Waals surface area contributed by atoms with Gasteiger partial charge in [0.25, 0.3) is 0 Å². The van der Waals surface area contributed by atoms with Crippen LogP contribution in [0.15, 0.2) is 46.9 Å². The number of hydrogen-bond acceptors (Lipinski definition) is 3. The van der Waals surface area contributed by atoms with Crippen molar-refractivity contribution in [2.24, 2.45) is 5.73 Å². The van der Waals surface area contributed by atoms with Crippen molar-refractivity contribution in [2.45, 2.75) is 25.9 Å². The van der Waals surface area contributed by atoms with Crippen LogP contribution in [-0.2, 0) is 13.0 Å². The Morgan fingerprint density at radius 3 is 2.61 bits per heavy atom. The van der Waals surface area contributed by atoms with Gasteiger partial charge in [-0.05, 0) is 31.0 Å². The molecule has 0 fully saturated rings. The fourth-order valence-corrected chi connectivity index (χ4v) is 1.95. The van der Waals surface area contributed by atoms with Crippen molar-refractivity contribution in [3.05, 3.63) is 59.5 Å². The van der Waals surface area contributed by atoms with Crippen LogP contribution < -0.4 is 11.1 Å². The maximum atomic E-state index is 6.08. The van der Waals surface area contributed by atoms with Crippen molar-refractivity contribution in [3.8, 4) is 0 Å². The van der Waals surface area contributed by atoms with Gasteiger partial charge >= 0.3 is 0 Å². The zero-order valence-corrected chi connectivity index (χ0v) is 10.7. The van der Waals surface area contributed by atoms with Gasteiger partial charge in [-0.3, -0.25) is 0 Å². The molecule has 0 amide bonds. The summed E-state index contributed by atoms with van der Waals surface area (Å²) in [7, 11) is 0. The third-order valence-electron chi connectivity index (χ3n) is 2.84. The highest BCUT2D eigenvalue weighted by atomic mass is 16.3. The zero-order chi connectivity index (χ0) is 12.8. The van der Waals surface area contributed by atoms with Crippen LogP contribution in [0.1, 0.15) is 17.1 Å². The largest absolute Gasteiger partial charge is 0.465 e. The van der Waals surface area contributed by atoms with Crippen LogP contribution in [0.3, 0.4) is 0 Å². The van der Waals surface area contributed by atoms with Gasteiger partial charge in [0.05, 0.1) is 6.54 Å². The number of benzene rings is 1. The number of nitrogens with one attached hydrogen (secondary N) is 1. The lowest BCUT2D eigenvalue weighted by Gasteiger charge is -2.12. The molecule has 0 saturated heterocycles. The molecule has 1 unspecified atom stereocenters. The van der Waals surface area contributed by atoms with Crippen LogP contribution in [0.2, 0.25) is 0 Å². The number of nitrogens with two attached hydrogens (primary N) is 1. The lowest BCUT2D eigenvalue weighted by atomic mass is 10.1. The highest BCUT2D eigenvalue weighted by Crippen LogP contribution is 2.05. The molecule has 2 aromatic rings. The van der Waals surface area contributed by atoms with Gasteiger partial charge in [-0.25, -0.2) is 0 Å². The summed E-state index contributed by atoms with van der Waals surface area (Å²) in [5.74, 6) is 1.90. The molecule has 1 aromatic carbocycles. The van der Waals surface area contributed by atoms with Gasteiger partial charge in [-0.1, -0.05) is 30.3 Å². The van der Waals surface area contributed by atoms with Crippen LogP contribution in [-0.4, -0.2) is 12.6 Å². The Labute approximate surface area is 108 Å². The van der Waals surface area contributed by atoms with Gasteiger partial charge in [0.2, 0.25) is 0 Å². The van der Waals surface area contributed by atoms with Crippen molar-refractivity contribution in [2.75, 3.05) is 6.54 Å². The minimum Gasteiger partial charge on any atom is -0.465 e. The third kappa shape index (κ3) is 4.02. The van der Waals surface area contributed by atoms with E-state index in [1.54, 1.807) is 0 Å². The van der Waals surface area contributed by atoms with E-state index < -0.39 is 0 Å². The van der Waals surface area contributed by atoms with E-state index in [0.29, 0.717) is 0 Å². The van der Waals surface area contributed by atoms with Crippen LogP contribution >= 0.6 is 0 Å². The first-order valence-corrected chi connectivity index (χ1v) is 6.29. The predicted molar refractivity (Wildman–Crippen MR) is 73.3 cm³/mol. The van der Waals surface area contributed by atoms with Gasteiger partial charge in [0.1, 0.15) is 11.5 Å². The van der Waals surface area contributed by atoms with Gasteiger partial charge in [-0.15, -0.1) is 0 Å². The molecule has 0 aliphatic rings. The van der Waals surface area contributed by atoms with Crippen molar-refractivity contribution in [1.82, 2.24) is 5.32 Å². The number of rotatable bonds is 6. The third-order valence-corrected chi connectivity index (χ3v) is 2.84. The Kier molecular flexibility index (Phi) is 4.56. The van der Waals surface area contributed by atoms with Crippen molar-refractivity contribution < 1.29 is 4.42 Å². The summed E-state index contributed by atoms with van der Waals surface area (Å²) in [5, 5.41) is 3.32. The molecule has 3 heteroatoms. The second-order valence-corrected chi connectivity index (χ2v) is 4.59. The molecule has 0 radical (unpaired) electrons. The van der Waals surface area contributed by atoms with Crippen LogP contribution in [0.4, 0.5) is 0 Å². The predicted octanol–water partition coefficient (Wildman–Crippen LogP) is 2.25. The minimum absolute atomic E-state index is 0.128. The first kappa shape index (κ1) is 12.9. The molecule has 3 N–H and O–H groups in total. The molecule has 1 aromatic heterocycles. The molecular weight excluding hydrogens is 224 g/mol. The van der Waals surface area contributed by atoms with Crippen LogP contribution in [0, 0.1) is 6.92 Å². The Morgan fingerprint density at radius 1 is 1.17 bits per heavy atom. The SMILES string of the molecule is Cc1ccc(CNCC(N)Cc2ccccc2)o1. The number of furan rings is 1. The summed E-state index contributed by atoms with van der Waals surface area (Å²) in [4.78, 5) is 0. The standard InChI is InChI=1S/C15H20N2O/c1-12-7-8-15(18-12)11-17-10-14(16)9-13-5-3-2-4-6-13/h2-8,14,17H,9-11,16H2,1H3. The Morgan fingerprint density at radius 2 is 1.94 bits per heavy atom. The van der Waals surface area contributed by atoms with Gasteiger partial charge in [0.15, 0.2) is 0 Å². The highest BCUT2D eigenvalue weighted by Gasteiger charge is 2.04. The first-order valence-electron chi connectivity index (χ1n) is 6.29. The summed E-state index contributed by atoms with van der Waals surface area (Å²) in [5.41, 5.74) is 7.36. The van der Waals surface area contributed by atoms with E-state index >= 15 is 0 Å². The Bertz CT molecular complexity index is 464. The summed E-state index contributed by atoms with van der Waals surface area (Å²) in [6.07, 6.45) is 0.894. The van der Waals surface area contributed by atoms with E-state index in [9.17, 15) is 0 Å². The summed E-state index contributed by atoms with van der Waals surface area (Å²) in [6.45, 7) is 3.47. The molecule has 1 heterocycles. The van der Waals surface area contributed by atoms with Crippen molar-refractivity contribution >= 4 is 0 Å². The van der Waals surface area contributed by atoms with Crippen LogP contribution in [0.5, 0.6) is 0 Å². The molecule has 0 saturated carbocycles. The summed E-state index contributed by atoms with van der Waals surface area (Å²) >= 11 is 0. The second-order valence-electron chi connectivity index (χ2n) is 4.59. The molecule has 1 atom stereocenters. The Balaban J connectivity index is 1.70. The zero-order valence-electron chi connectivity index (χ0n) is 10.7. The summed E-state index contributed by atoms with van der Waals surface area (Å²) in [6, 6.07) is 14.4.